The van der Waals surface area contributed by atoms with E-state index in [1.807, 2.05) is 20.9 Å². The first-order valence-corrected chi connectivity index (χ1v) is 6.11. The molecule has 1 aliphatic carbocycles. The Morgan fingerprint density at radius 3 is 2.07 bits per heavy atom. The van der Waals surface area contributed by atoms with Crippen LogP contribution in [0, 0.1) is 5.92 Å². The summed E-state index contributed by atoms with van der Waals surface area (Å²) in [5.74, 6) is 0.543. The summed E-state index contributed by atoms with van der Waals surface area (Å²) < 4.78 is 0. The summed E-state index contributed by atoms with van der Waals surface area (Å²) in [6.45, 7) is 6.05. The molecule has 0 heterocycles. The van der Waals surface area contributed by atoms with Gasteiger partial charge in [-0.2, -0.15) is 0 Å². The van der Waals surface area contributed by atoms with Crippen LogP contribution in [0.15, 0.2) is 0 Å². The van der Waals surface area contributed by atoms with Crippen LogP contribution in [0.2, 0.25) is 0 Å². The highest BCUT2D eigenvalue weighted by Crippen LogP contribution is 2.27. The first-order valence-electron chi connectivity index (χ1n) is 6.11. The average molecular weight is 201 g/mol. The van der Waals surface area contributed by atoms with Crippen molar-refractivity contribution in [2.45, 2.75) is 65.0 Å². The SMILES string of the molecule is CC.CN[C@@H](C)[C@H](O)C1CCCCC1. The Hall–Kier alpha value is -0.0800. The monoisotopic (exact) mass is 201 g/mol. The van der Waals surface area contributed by atoms with E-state index in [9.17, 15) is 5.11 Å². The summed E-state index contributed by atoms with van der Waals surface area (Å²) in [5.41, 5.74) is 0. The molecule has 0 aromatic rings. The highest BCUT2D eigenvalue weighted by molar-refractivity contribution is 4.79. The zero-order valence-corrected chi connectivity index (χ0v) is 10.2. The van der Waals surface area contributed by atoms with E-state index in [0.29, 0.717) is 5.92 Å². The van der Waals surface area contributed by atoms with E-state index in [1.165, 1.54) is 32.1 Å². The highest BCUT2D eigenvalue weighted by Gasteiger charge is 2.24. The third-order valence-corrected chi connectivity index (χ3v) is 3.10. The van der Waals surface area contributed by atoms with Crippen molar-refractivity contribution in [1.82, 2.24) is 5.32 Å². The van der Waals surface area contributed by atoms with Crippen LogP contribution in [-0.4, -0.2) is 24.3 Å². The number of aliphatic hydroxyl groups excluding tert-OH is 1. The molecule has 1 fully saturated rings. The molecule has 2 nitrogen and oxygen atoms in total. The predicted octanol–water partition coefficient (Wildman–Crippen LogP) is 2.56. The first-order chi connectivity index (χ1) is 6.75. The van der Waals surface area contributed by atoms with Crippen LogP contribution in [0.5, 0.6) is 0 Å². The van der Waals surface area contributed by atoms with Gasteiger partial charge in [-0.15, -0.1) is 0 Å². The van der Waals surface area contributed by atoms with Gasteiger partial charge in [0.05, 0.1) is 6.10 Å². The number of hydrogen-bond acceptors (Lipinski definition) is 2. The van der Waals surface area contributed by atoms with Crippen LogP contribution in [0.25, 0.3) is 0 Å². The maximum atomic E-state index is 9.88. The van der Waals surface area contributed by atoms with E-state index < -0.39 is 0 Å². The minimum atomic E-state index is -0.143. The van der Waals surface area contributed by atoms with Gasteiger partial charge in [0.1, 0.15) is 0 Å². The summed E-state index contributed by atoms with van der Waals surface area (Å²) in [5, 5.41) is 13.0. The van der Waals surface area contributed by atoms with Crippen LogP contribution in [0.1, 0.15) is 52.9 Å². The second-order valence-electron chi connectivity index (χ2n) is 3.97. The van der Waals surface area contributed by atoms with Crippen LogP contribution in [0.3, 0.4) is 0 Å². The summed E-state index contributed by atoms with van der Waals surface area (Å²) in [4.78, 5) is 0. The van der Waals surface area contributed by atoms with Gasteiger partial charge in [-0.05, 0) is 32.7 Å². The molecule has 86 valence electrons. The van der Waals surface area contributed by atoms with E-state index in [0.717, 1.165) is 0 Å². The maximum Gasteiger partial charge on any atom is 0.0718 e. The molecule has 1 rings (SSSR count). The lowest BCUT2D eigenvalue weighted by Crippen LogP contribution is -2.40. The normalized spacial score (nSPS) is 22.1. The largest absolute Gasteiger partial charge is 0.391 e. The highest BCUT2D eigenvalue weighted by atomic mass is 16.3. The summed E-state index contributed by atoms with van der Waals surface area (Å²) in [6, 6.07) is 0.244. The number of hydrogen-bond donors (Lipinski definition) is 2. The smallest absolute Gasteiger partial charge is 0.0718 e. The zero-order chi connectivity index (χ0) is 11.0. The lowest BCUT2D eigenvalue weighted by molar-refractivity contribution is 0.0580. The fraction of sp³-hybridized carbons (Fsp3) is 1.00. The summed E-state index contributed by atoms with van der Waals surface area (Å²) in [7, 11) is 1.91. The molecule has 0 aromatic carbocycles. The number of nitrogens with one attached hydrogen (secondary N) is 1. The van der Waals surface area contributed by atoms with E-state index in [-0.39, 0.29) is 12.1 Å². The van der Waals surface area contributed by atoms with Gasteiger partial charge in [0.15, 0.2) is 0 Å². The lowest BCUT2D eigenvalue weighted by Gasteiger charge is -2.30. The molecule has 0 bridgehead atoms. The van der Waals surface area contributed by atoms with Crippen molar-refractivity contribution in [2.75, 3.05) is 7.05 Å². The molecule has 0 aromatic heterocycles. The fourth-order valence-corrected chi connectivity index (χ4v) is 2.05. The van der Waals surface area contributed by atoms with Crippen molar-refractivity contribution >= 4 is 0 Å². The molecule has 2 atom stereocenters. The molecule has 1 saturated carbocycles. The molecule has 2 N–H and O–H groups in total. The van der Waals surface area contributed by atoms with Crippen molar-refractivity contribution in [1.29, 1.82) is 0 Å². The molecular weight excluding hydrogens is 174 g/mol. The quantitative estimate of drug-likeness (QED) is 0.735. The molecule has 0 unspecified atom stereocenters. The van der Waals surface area contributed by atoms with Crippen molar-refractivity contribution in [3.63, 3.8) is 0 Å². The average Bonchev–Trinajstić information content (AvgIpc) is 2.31. The molecule has 0 amide bonds. The van der Waals surface area contributed by atoms with Crippen molar-refractivity contribution in [3.05, 3.63) is 0 Å². The van der Waals surface area contributed by atoms with Gasteiger partial charge >= 0.3 is 0 Å². The topological polar surface area (TPSA) is 32.3 Å². The Morgan fingerprint density at radius 2 is 1.64 bits per heavy atom. The van der Waals surface area contributed by atoms with E-state index in [1.54, 1.807) is 0 Å². The second-order valence-corrected chi connectivity index (χ2v) is 3.97. The molecule has 14 heavy (non-hydrogen) atoms. The third kappa shape index (κ3) is 4.43. The third-order valence-electron chi connectivity index (χ3n) is 3.10. The Kier molecular flexibility index (Phi) is 8.20. The Balaban J connectivity index is 0.000000791. The second kappa shape index (κ2) is 8.25. The standard InChI is InChI=1S/C10H21NO.C2H6/c1-8(11-2)10(12)9-6-4-3-5-7-9;1-2/h8-12H,3-7H2,1-2H3;1-2H3/t8-,10-;/m0./s1. The zero-order valence-electron chi connectivity index (χ0n) is 10.2. The van der Waals surface area contributed by atoms with Crippen LogP contribution in [0.4, 0.5) is 0 Å². The Bertz CT molecular complexity index is 121. The number of aliphatic hydroxyl groups is 1. The molecule has 2 heteroatoms. The van der Waals surface area contributed by atoms with Gasteiger partial charge in [0, 0.05) is 6.04 Å². The van der Waals surface area contributed by atoms with Gasteiger partial charge in [-0.3, -0.25) is 0 Å². The van der Waals surface area contributed by atoms with E-state index in [4.69, 9.17) is 0 Å². The summed E-state index contributed by atoms with van der Waals surface area (Å²) >= 11 is 0. The van der Waals surface area contributed by atoms with E-state index >= 15 is 0 Å². The van der Waals surface area contributed by atoms with E-state index in [2.05, 4.69) is 12.2 Å². The van der Waals surface area contributed by atoms with Gasteiger partial charge < -0.3 is 10.4 Å². The molecule has 0 spiro atoms. The molecular formula is C12H27NO. The van der Waals surface area contributed by atoms with Crippen LogP contribution in [-0.2, 0) is 0 Å². The Labute approximate surface area is 89.1 Å². The lowest BCUT2D eigenvalue weighted by atomic mass is 9.83. The van der Waals surface area contributed by atoms with Crippen molar-refractivity contribution < 1.29 is 5.11 Å². The fourth-order valence-electron chi connectivity index (χ4n) is 2.05. The number of likely N-dealkylation sites (N-methyl/N-ethyl adjacent to an activating group) is 1. The van der Waals surface area contributed by atoms with Gasteiger partial charge in [0.25, 0.3) is 0 Å². The first kappa shape index (κ1) is 13.9. The minimum absolute atomic E-state index is 0.143. The number of rotatable bonds is 3. The van der Waals surface area contributed by atoms with Crippen molar-refractivity contribution in [2.24, 2.45) is 5.92 Å². The van der Waals surface area contributed by atoms with Gasteiger partial charge in [0.2, 0.25) is 0 Å². The molecule has 1 aliphatic rings. The van der Waals surface area contributed by atoms with Crippen LogP contribution >= 0.6 is 0 Å². The maximum absolute atomic E-state index is 9.88. The van der Waals surface area contributed by atoms with Gasteiger partial charge in [-0.1, -0.05) is 33.1 Å². The molecule has 0 aliphatic heterocycles. The van der Waals surface area contributed by atoms with Gasteiger partial charge in [-0.25, -0.2) is 0 Å². The molecule has 0 radical (unpaired) electrons. The Morgan fingerprint density at radius 1 is 1.14 bits per heavy atom. The summed E-state index contributed by atoms with van der Waals surface area (Å²) in [6.07, 6.45) is 6.25. The molecule has 0 saturated heterocycles. The van der Waals surface area contributed by atoms with Crippen molar-refractivity contribution in [3.8, 4) is 0 Å². The van der Waals surface area contributed by atoms with Crippen LogP contribution < -0.4 is 5.32 Å². The minimum Gasteiger partial charge on any atom is -0.391 e. The predicted molar refractivity (Wildman–Crippen MR) is 62.5 cm³/mol.